The van der Waals surface area contributed by atoms with Crippen LogP contribution < -0.4 is 4.90 Å². The largest absolute Gasteiger partial charge is 0.366 e. The Morgan fingerprint density at radius 1 is 1.36 bits per heavy atom. The average molecular weight is 379 g/mol. The molecule has 3 rings (SSSR count). The van der Waals surface area contributed by atoms with Crippen LogP contribution in [0.1, 0.15) is 51.2 Å². The number of hydrogen-bond acceptors (Lipinski definition) is 4. The van der Waals surface area contributed by atoms with Gasteiger partial charge in [-0.3, -0.25) is 14.5 Å². The Labute approximate surface area is 158 Å². The van der Waals surface area contributed by atoms with E-state index in [0.29, 0.717) is 15.8 Å². The van der Waals surface area contributed by atoms with E-state index >= 15 is 0 Å². The van der Waals surface area contributed by atoms with Crippen molar-refractivity contribution in [3.05, 3.63) is 33.2 Å². The number of likely N-dealkylation sites (N-methyl/N-ethyl adjacent to an activating group) is 1. The second-order valence-electron chi connectivity index (χ2n) is 7.34. The molecule has 0 radical (unpaired) electrons. The predicted molar refractivity (Wildman–Crippen MR) is 105 cm³/mol. The maximum Gasteiger partial charge on any atom is 0.293 e. The number of fused-ring (bicyclic) bond motifs is 1. The fourth-order valence-electron chi connectivity index (χ4n) is 3.92. The van der Waals surface area contributed by atoms with Crippen molar-refractivity contribution in [1.82, 2.24) is 4.90 Å². The number of amides is 2. The molecule has 2 aliphatic rings. The number of anilines is 1. The minimum Gasteiger partial charge on any atom is -0.366 e. The van der Waals surface area contributed by atoms with E-state index in [2.05, 4.69) is 38.7 Å². The Bertz CT molecular complexity index is 788. The molecule has 1 fully saturated rings. The number of rotatable bonds is 2. The van der Waals surface area contributed by atoms with E-state index in [-0.39, 0.29) is 16.7 Å². The van der Waals surface area contributed by atoms with Crippen LogP contribution in [-0.4, -0.2) is 35.2 Å². The number of nitrogens with zero attached hydrogens (tertiary/aromatic N) is 2. The molecule has 0 bridgehead atoms. The van der Waals surface area contributed by atoms with Gasteiger partial charge in [0.2, 0.25) is 0 Å². The summed E-state index contributed by atoms with van der Waals surface area (Å²) in [6.07, 6.45) is 2.79. The number of thioether (sulfide) groups is 1. The van der Waals surface area contributed by atoms with Crippen molar-refractivity contribution in [1.29, 1.82) is 0 Å². The van der Waals surface area contributed by atoms with Gasteiger partial charge in [0, 0.05) is 29.8 Å². The van der Waals surface area contributed by atoms with Gasteiger partial charge in [-0.1, -0.05) is 18.5 Å². The summed E-state index contributed by atoms with van der Waals surface area (Å²) in [6, 6.07) is 4.07. The standard InChI is InChI=1S/C19H23ClN2O2S/c1-6-22-15-9-14(20)12(7-13(15)11(2)10-19(22,3)4)8-16-17(23)21(5)18(24)25-16/h7-9,11H,6,10H2,1-5H3/b16-8-. The number of imide groups is 1. The minimum atomic E-state index is -0.270. The quantitative estimate of drug-likeness (QED) is 0.670. The van der Waals surface area contributed by atoms with Crippen molar-refractivity contribution in [3.8, 4) is 0 Å². The second-order valence-corrected chi connectivity index (χ2v) is 8.74. The molecule has 1 atom stereocenters. The molecule has 2 aliphatic heterocycles. The zero-order chi connectivity index (χ0) is 18.5. The highest BCUT2D eigenvalue weighted by atomic mass is 35.5. The summed E-state index contributed by atoms with van der Waals surface area (Å²) in [5.74, 6) is 0.131. The number of benzene rings is 1. The molecule has 6 heteroatoms. The molecule has 2 heterocycles. The number of carbonyl (C=O) groups excluding carboxylic acids is 2. The first-order valence-corrected chi connectivity index (χ1v) is 9.67. The molecule has 2 amide bonds. The summed E-state index contributed by atoms with van der Waals surface area (Å²) in [7, 11) is 1.50. The first kappa shape index (κ1) is 18.3. The Hall–Kier alpha value is -1.46. The highest BCUT2D eigenvalue weighted by Crippen LogP contribution is 2.45. The summed E-state index contributed by atoms with van der Waals surface area (Å²) in [6.45, 7) is 9.81. The average Bonchev–Trinajstić information content (AvgIpc) is 2.75. The second kappa shape index (κ2) is 6.36. The molecular weight excluding hydrogens is 356 g/mol. The topological polar surface area (TPSA) is 40.6 Å². The van der Waals surface area contributed by atoms with Crippen LogP contribution in [0.2, 0.25) is 5.02 Å². The van der Waals surface area contributed by atoms with Gasteiger partial charge in [0.25, 0.3) is 11.1 Å². The maximum atomic E-state index is 12.1. The van der Waals surface area contributed by atoms with E-state index in [9.17, 15) is 9.59 Å². The van der Waals surface area contributed by atoms with Gasteiger partial charge >= 0.3 is 0 Å². The Morgan fingerprint density at radius 3 is 2.60 bits per heavy atom. The zero-order valence-corrected chi connectivity index (χ0v) is 16.8. The van der Waals surface area contributed by atoms with Crippen molar-refractivity contribution < 1.29 is 9.59 Å². The molecule has 0 saturated carbocycles. The molecule has 1 saturated heterocycles. The SMILES string of the molecule is CCN1c2cc(Cl)c(/C=C3\SC(=O)N(C)C3=O)cc2C(C)CC1(C)C. The Balaban J connectivity index is 2.07. The lowest BCUT2D eigenvalue weighted by Crippen LogP contribution is -2.48. The molecule has 0 N–H and O–H groups in total. The van der Waals surface area contributed by atoms with Gasteiger partial charge in [0.05, 0.1) is 4.91 Å². The lowest BCUT2D eigenvalue weighted by molar-refractivity contribution is -0.121. The molecule has 0 aromatic heterocycles. The van der Waals surface area contributed by atoms with Crippen LogP contribution in [0.5, 0.6) is 0 Å². The molecular formula is C19H23ClN2O2S. The van der Waals surface area contributed by atoms with E-state index in [0.717, 1.165) is 40.9 Å². The first-order chi connectivity index (χ1) is 11.7. The van der Waals surface area contributed by atoms with E-state index < -0.39 is 0 Å². The summed E-state index contributed by atoms with van der Waals surface area (Å²) in [4.78, 5) is 27.8. The summed E-state index contributed by atoms with van der Waals surface area (Å²) >= 11 is 7.49. The summed E-state index contributed by atoms with van der Waals surface area (Å²) < 4.78 is 0. The third kappa shape index (κ3) is 3.08. The molecule has 1 aromatic carbocycles. The normalized spacial score (nSPS) is 24.2. The van der Waals surface area contributed by atoms with Crippen LogP contribution >= 0.6 is 23.4 Å². The van der Waals surface area contributed by atoms with Crippen molar-refractivity contribution >= 4 is 46.3 Å². The van der Waals surface area contributed by atoms with Gasteiger partial charge in [-0.2, -0.15) is 0 Å². The fraction of sp³-hybridized carbons (Fsp3) is 0.474. The van der Waals surface area contributed by atoms with Crippen LogP contribution in [0, 0.1) is 0 Å². The Morgan fingerprint density at radius 2 is 2.04 bits per heavy atom. The molecule has 0 spiro atoms. The summed E-state index contributed by atoms with van der Waals surface area (Å²) in [5.41, 5.74) is 3.28. The molecule has 25 heavy (non-hydrogen) atoms. The lowest BCUT2D eigenvalue weighted by atomic mass is 9.79. The van der Waals surface area contributed by atoms with Crippen molar-refractivity contribution in [2.45, 2.75) is 45.6 Å². The number of halogens is 1. The smallest absolute Gasteiger partial charge is 0.293 e. The van der Waals surface area contributed by atoms with Gasteiger partial charge < -0.3 is 4.90 Å². The van der Waals surface area contributed by atoms with E-state index in [1.165, 1.54) is 12.6 Å². The maximum absolute atomic E-state index is 12.1. The van der Waals surface area contributed by atoms with Crippen LogP contribution in [0.3, 0.4) is 0 Å². The Kier molecular flexibility index (Phi) is 4.67. The van der Waals surface area contributed by atoms with Gasteiger partial charge in [0.15, 0.2) is 0 Å². The van der Waals surface area contributed by atoms with E-state index in [1.807, 2.05) is 6.07 Å². The first-order valence-electron chi connectivity index (χ1n) is 8.48. The van der Waals surface area contributed by atoms with Gasteiger partial charge in [-0.15, -0.1) is 0 Å². The zero-order valence-electron chi connectivity index (χ0n) is 15.2. The number of hydrogen-bond donors (Lipinski definition) is 0. The summed E-state index contributed by atoms with van der Waals surface area (Å²) in [5, 5.41) is 0.350. The van der Waals surface area contributed by atoms with Crippen LogP contribution in [0.4, 0.5) is 10.5 Å². The van der Waals surface area contributed by atoms with Gasteiger partial charge in [-0.05, 0) is 74.2 Å². The van der Waals surface area contributed by atoms with Gasteiger partial charge in [0.1, 0.15) is 0 Å². The third-order valence-electron chi connectivity index (χ3n) is 5.09. The van der Waals surface area contributed by atoms with E-state index in [1.54, 1.807) is 6.08 Å². The van der Waals surface area contributed by atoms with Crippen molar-refractivity contribution in [3.63, 3.8) is 0 Å². The van der Waals surface area contributed by atoms with Crippen LogP contribution in [0.15, 0.2) is 17.0 Å². The molecule has 134 valence electrons. The third-order valence-corrected chi connectivity index (χ3v) is 6.38. The molecule has 1 unspecified atom stereocenters. The highest BCUT2D eigenvalue weighted by Gasteiger charge is 2.36. The number of carbonyl (C=O) groups is 2. The van der Waals surface area contributed by atoms with Crippen LogP contribution in [-0.2, 0) is 4.79 Å². The molecule has 0 aliphatic carbocycles. The highest BCUT2D eigenvalue weighted by molar-refractivity contribution is 8.18. The van der Waals surface area contributed by atoms with Gasteiger partial charge in [-0.25, -0.2) is 0 Å². The fourth-order valence-corrected chi connectivity index (χ4v) is 4.95. The molecule has 4 nitrogen and oxygen atoms in total. The lowest BCUT2D eigenvalue weighted by Gasteiger charge is -2.47. The van der Waals surface area contributed by atoms with Crippen molar-refractivity contribution in [2.75, 3.05) is 18.5 Å². The van der Waals surface area contributed by atoms with E-state index in [4.69, 9.17) is 11.6 Å². The molecule has 1 aromatic rings. The van der Waals surface area contributed by atoms with Crippen molar-refractivity contribution in [2.24, 2.45) is 0 Å². The van der Waals surface area contributed by atoms with Crippen LogP contribution in [0.25, 0.3) is 6.08 Å². The monoisotopic (exact) mass is 378 g/mol. The predicted octanol–water partition coefficient (Wildman–Crippen LogP) is 5.12. The minimum absolute atomic E-state index is 0.0802.